The van der Waals surface area contributed by atoms with Crippen molar-refractivity contribution in [3.8, 4) is 0 Å². The Morgan fingerprint density at radius 2 is 1.88 bits per heavy atom. The van der Waals surface area contributed by atoms with Crippen LogP contribution in [0.5, 0.6) is 0 Å². The lowest BCUT2D eigenvalue weighted by molar-refractivity contribution is -0.135. The average molecular weight is 494 g/mol. The molecule has 3 aromatic rings. The van der Waals surface area contributed by atoms with Crippen LogP contribution in [0.4, 0.5) is 10.5 Å². The van der Waals surface area contributed by atoms with Gasteiger partial charge in [-0.2, -0.15) is 0 Å². The number of carbonyl (C=O) groups excluding carboxylic acids is 3. The average Bonchev–Trinajstić information content (AvgIpc) is 3.31. The molecule has 0 saturated carbocycles. The Balaban J connectivity index is 1.45. The lowest BCUT2D eigenvalue weighted by Crippen LogP contribution is -2.43. The summed E-state index contributed by atoms with van der Waals surface area (Å²) >= 11 is 6.86. The number of para-hydroxylation sites is 1. The highest BCUT2D eigenvalue weighted by Gasteiger charge is 2.36. The fourth-order valence-electron chi connectivity index (χ4n) is 4.65. The number of anilines is 1. The Bertz CT molecular complexity index is 1310. The summed E-state index contributed by atoms with van der Waals surface area (Å²) in [6.45, 7) is 3.14. The third-order valence-electron chi connectivity index (χ3n) is 6.41. The molecule has 2 saturated heterocycles. The zero-order valence-corrected chi connectivity index (χ0v) is 20.3. The Kier molecular flexibility index (Phi) is 6.23. The number of hydrogen-bond acceptors (Lipinski definition) is 4. The molecule has 1 aromatic heterocycles. The molecule has 174 valence electrons. The van der Waals surface area contributed by atoms with Crippen molar-refractivity contribution < 1.29 is 14.4 Å². The number of imide groups is 1. The van der Waals surface area contributed by atoms with E-state index in [2.05, 4.69) is 6.92 Å². The molecular weight excluding hydrogens is 470 g/mol. The van der Waals surface area contributed by atoms with Gasteiger partial charge in [-0.1, -0.05) is 29.8 Å². The minimum atomic E-state index is -0.368. The lowest BCUT2D eigenvalue weighted by Gasteiger charge is -2.33. The Hall–Kier alpha value is -3.03. The number of likely N-dealkylation sites (tertiary alicyclic amines) is 1. The first-order chi connectivity index (χ1) is 16.4. The molecule has 2 aliphatic heterocycles. The monoisotopic (exact) mass is 493 g/mol. The molecule has 2 fully saturated rings. The van der Waals surface area contributed by atoms with Gasteiger partial charge in [0.15, 0.2) is 0 Å². The SMILES string of the molecule is C[C@@H]1CCCCN1C(=O)Cn1cc(/C=C2\SC(=O)N(c3ccc(Cl)cc3)C2=O)c2ccccc21. The van der Waals surface area contributed by atoms with E-state index in [1.807, 2.05) is 39.9 Å². The largest absolute Gasteiger partial charge is 0.338 e. The van der Waals surface area contributed by atoms with E-state index in [-0.39, 0.29) is 29.6 Å². The minimum absolute atomic E-state index is 0.0996. The maximum Gasteiger partial charge on any atom is 0.298 e. The second-order valence-electron chi connectivity index (χ2n) is 8.65. The van der Waals surface area contributed by atoms with Gasteiger partial charge in [-0.3, -0.25) is 14.4 Å². The second-order valence-corrected chi connectivity index (χ2v) is 10.1. The lowest BCUT2D eigenvalue weighted by atomic mass is 10.0. The number of thioether (sulfide) groups is 1. The summed E-state index contributed by atoms with van der Waals surface area (Å²) in [5, 5.41) is 1.12. The van der Waals surface area contributed by atoms with Gasteiger partial charge in [0.2, 0.25) is 5.91 Å². The van der Waals surface area contributed by atoms with Gasteiger partial charge >= 0.3 is 0 Å². The molecule has 1 atom stereocenters. The number of halogens is 1. The van der Waals surface area contributed by atoms with Crippen molar-refractivity contribution in [1.29, 1.82) is 0 Å². The summed E-state index contributed by atoms with van der Waals surface area (Å²) in [4.78, 5) is 42.3. The van der Waals surface area contributed by atoms with Crippen LogP contribution in [0.2, 0.25) is 5.02 Å². The summed E-state index contributed by atoms with van der Waals surface area (Å²) in [5.74, 6) is -0.269. The molecule has 0 spiro atoms. The first-order valence-electron chi connectivity index (χ1n) is 11.3. The predicted octanol–water partition coefficient (Wildman–Crippen LogP) is 5.94. The van der Waals surface area contributed by atoms with Crippen molar-refractivity contribution >= 4 is 63.1 Å². The number of hydrogen-bond donors (Lipinski definition) is 0. The smallest absolute Gasteiger partial charge is 0.298 e. The second kappa shape index (κ2) is 9.31. The third kappa shape index (κ3) is 4.26. The standard InChI is InChI=1S/C26H24ClN3O3S/c1-17-6-4-5-13-29(17)24(31)16-28-15-18(21-7-2-3-8-22(21)28)14-23-25(32)30(26(33)34-23)20-11-9-19(27)10-12-20/h2-3,7-12,14-15,17H,4-6,13,16H2,1H3/b23-14-/t17-/m1/s1. The summed E-state index contributed by atoms with van der Waals surface area (Å²) in [7, 11) is 0. The van der Waals surface area contributed by atoms with Crippen LogP contribution in [0.15, 0.2) is 59.6 Å². The summed E-state index contributed by atoms with van der Waals surface area (Å²) in [6.07, 6.45) is 6.87. The van der Waals surface area contributed by atoms with Gasteiger partial charge in [0.05, 0.1) is 10.6 Å². The highest BCUT2D eigenvalue weighted by atomic mass is 35.5. The van der Waals surface area contributed by atoms with Crippen LogP contribution >= 0.6 is 23.4 Å². The van der Waals surface area contributed by atoms with Crippen molar-refractivity contribution in [2.75, 3.05) is 11.4 Å². The van der Waals surface area contributed by atoms with Crippen molar-refractivity contribution in [3.05, 3.63) is 70.2 Å². The zero-order valence-electron chi connectivity index (χ0n) is 18.7. The zero-order chi connectivity index (χ0) is 23.8. The molecule has 2 aromatic carbocycles. The van der Waals surface area contributed by atoms with Crippen LogP contribution in [-0.4, -0.2) is 39.1 Å². The molecule has 34 heavy (non-hydrogen) atoms. The van der Waals surface area contributed by atoms with E-state index in [9.17, 15) is 14.4 Å². The van der Waals surface area contributed by atoms with E-state index < -0.39 is 0 Å². The predicted molar refractivity (Wildman–Crippen MR) is 137 cm³/mol. The topological polar surface area (TPSA) is 62.6 Å². The molecule has 0 aliphatic carbocycles. The van der Waals surface area contributed by atoms with Crippen LogP contribution in [-0.2, 0) is 16.1 Å². The van der Waals surface area contributed by atoms with Gasteiger partial charge in [0, 0.05) is 40.3 Å². The quantitative estimate of drug-likeness (QED) is 0.422. The molecule has 5 rings (SSSR count). The first-order valence-corrected chi connectivity index (χ1v) is 12.5. The number of piperidine rings is 1. The molecule has 6 nitrogen and oxygen atoms in total. The molecule has 2 aliphatic rings. The third-order valence-corrected chi connectivity index (χ3v) is 7.54. The van der Waals surface area contributed by atoms with Crippen LogP contribution in [0, 0.1) is 0 Å². The highest BCUT2D eigenvalue weighted by molar-refractivity contribution is 8.19. The van der Waals surface area contributed by atoms with E-state index in [0.717, 1.165) is 58.9 Å². The molecule has 0 unspecified atom stereocenters. The molecule has 3 heterocycles. The molecule has 3 amide bonds. The number of carbonyl (C=O) groups is 3. The van der Waals surface area contributed by atoms with Crippen LogP contribution in [0.3, 0.4) is 0 Å². The summed E-state index contributed by atoms with van der Waals surface area (Å²) < 4.78 is 1.94. The minimum Gasteiger partial charge on any atom is -0.338 e. The normalized spacial score (nSPS) is 20.1. The highest BCUT2D eigenvalue weighted by Crippen LogP contribution is 2.37. The number of nitrogens with zero attached hydrogens (tertiary/aromatic N) is 3. The van der Waals surface area contributed by atoms with Gasteiger partial charge < -0.3 is 9.47 Å². The summed E-state index contributed by atoms with van der Waals surface area (Å²) in [5.41, 5.74) is 2.21. The van der Waals surface area contributed by atoms with Gasteiger partial charge in [-0.15, -0.1) is 0 Å². The first kappa shape index (κ1) is 22.7. The van der Waals surface area contributed by atoms with Crippen molar-refractivity contribution in [2.45, 2.75) is 38.8 Å². The van der Waals surface area contributed by atoms with Gasteiger partial charge in [-0.25, -0.2) is 4.90 Å². The van der Waals surface area contributed by atoms with E-state index in [1.54, 1.807) is 30.3 Å². The summed E-state index contributed by atoms with van der Waals surface area (Å²) in [6, 6.07) is 14.7. The Morgan fingerprint density at radius 3 is 2.65 bits per heavy atom. The van der Waals surface area contributed by atoms with Gasteiger partial charge in [0.25, 0.3) is 11.1 Å². The van der Waals surface area contributed by atoms with E-state index in [1.165, 1.54) is 0 Å². The fourth-order valence-corrected chi connectivity index (χ4v) is 5.61. The van der Waals surface area contributed by atoms with Crippen LogP contribution in [0.1, 0.15) is 31.7 Å². The molecule has 8 heteroatoms. The maximum atomic E-state index is 13.1. The van der Waals surface area contributed by atoms with Gasteiger partial charge in [-0.05, 0) is 74.4 Å². The van der Waals surface area contributed by atoms with Crippen molar-refractivity contribution in [1.82, 2.24) is 9.47 Å². The number of fused-ring (bicyclic) bond motifs is 1. The Morgan fingerprint density at radius 1 is 1.12 bits per heavy atom. The number of aromatic nitrogens is 1. The number of benzene rings is 2. The number of rotatable bonds is 4. The molecular formula is C26H24ClN3O3S. The van der Waals surface area contributed by atoms with Crippen LogP contribution in [0.25, 0.3) is 17.0 Å². The van der Waals surface area contributed by atoms with Gasteiger partial charge in [0.1, 0.15) is 6.54 Å². The molecule has 0 radical (unpaired) electrons. The van der Waals surface area contributed by atoms with Crippen molar-refractivity contribution in [2.24, 2.45) is 0 Å². The van der Waals surface area contributed by atoms with Crippen molar-refractivity contribution in [3.63, 3.8) is 0 Å². The fraction of sp³-hybridized carbons (Fsp3) is 0.269. The van der Waals surface area contributed by atoms with E-state index >= 15 is 0 Å². The Labute approximate surface area is 207 Å². The molecule has 0 bridgehead atoms. The van der Waals surface area contributed by atoms with E-state index in [4.69, 9.17) is 11.6 Å². The maximum absolute atomic E-state index is 13.1. The number of amides is 3. The van der Waals surface area contributed by atoms with E-state index in [0.29, 0.717) is 15.6 Å². The molecule has 0 N–H and O–H groups in total. The van der Waals surface area contributed by atoms with Crippen LogP contribution < -0.4 is 4.90 Å².